The minimum atomic E-state index is -4.42. The number of fused-ring (bicyclic) bond motifs is 1. The van der Waals surface area contributed by atoms with Gasteiger partial charge in [-0.3, -0.25) is 4.68 Å². The Morgan fingerprint density at radius 1 is 1.30 bits per heavy atom. The van der Waals surface area contributed by atoms with Crippen LogP contribution in [0.1, 0.15) is 5.56 Å². The fourth-order valence-corrected chi connectivity index (χ4v) is 2.36. The Balaban J connectivity index is 2.35. The maximum atomic E-state index is 13.1. The molecule has 0 saturated carbocycles. The molecule has 0 spiro atoms. The molecule has 0 bridgehead atoms. The third-order valence-electron chi connectivity index (χ3n) is 3.19. The zero-order valence-corrected chi connectivity index (χ0v) is 10.5. The van der Waals surface area contributed by atoms with Crippen molar-refractivity contribution in [3.05, 3.63) is 36.0 Å². The first-order valence-electron chi connectivity index (χ1n) is 5.85. The number of anilines is 1. The molecule has 0 radical (unpaired) electrons. The van der Waals surface area contributed by atoms with Gasteiger partial charge < -0.3 is 10.7 Å². The zero-order chi connectivity index (χ0) is 14.5. The Morgan fingerprint density at radius 3 is 2.65 bits per heavy atom. The summed E-state index contributed by atoms with van der Waals surface area (Å²) in [6, 6.07) is 5.60. The first-order valence-corrected chi connectivity index (χ1v) is 5.85. The Labute approximate surface area is 112 Å². The summed E-state index contributed by atoms with van der Waals surface area (Å²) in [6.45, 7) is 0. The number of hydrogen-bond acceptors (Lipinski definition) is 2. The Morgan fingerprint density at radius 2 is 2.05 bits per heavy atom. The second-order valence-corrected chi connectivity index (χ2v) is 4.51. The zero-order valence-electron chi connectivity index (χ0n) is 10.5. The van der Waals surface area contributed by atoms with E-state index < -0.39 is 11.7 Å². The van der Waals surface area contributed by atoms with E-state index in [9.17, 15) is 13.2 Å². The Hall–Kier alpha value is -2.44. The molecule has 0 fully saturated rings. The van der Waals surface area contributed by atoms with Gasteiger partial charge in [0.25, 0.3) is 0 Å². The smallest absolute Gasteiger partial charge is 0.382 e. The molecule has 3 rings (SSSR count). The monoisotopic (exact) mass is 280 g/mol. The van der Waals surface area contributed by atoms with Crippen molar-refractivity contribution in [1.82, 2.24) is 14.8 Å². The number of nitrogen functional groups attached to an aromatic ring is 1. The van der Waals surface area contributed by atoms with E-state index in [2.05, 4.69) is 10.1 Å². The number of hydrogen-bond donors (Lipinski definition) is 2. The summed E-state index contributed by atoms with van der Waals surface area (Å²) in [7, 11) is 1.64. The summed E-state index contributed by atoms with van der Waals surface area (Å²) < 4.78 is 40.9. The van der Waals surface area contributed by atoms with Crippen molar-refractivity contribution in [2.24, 2.45) is 7.05 Å². The predicted octanol–water partition coefficient (Wildman–Crippen LogP) is 3.17. The fourth-order valence-electron chi connectivity index (χ4n) is 2.36. The van der Waals surface area contributed by atoms with Gasteiger partial charge in [-0.05, 0) is 12.1 Å². The fraction of sp³-hybridized carbons (Fsp3) is 0.154. The van der Waals surface area contributed by atoms with E-state index in [1.54, 1.807) is 19.2 Å². The van der Waals surface area contributed by atoms with Crippen molar-refractivity contribution in [2.45, 2.75) is 6.18 Å². The number of aryl methyl sites for hydroxylation is 1. The highest BCUT2D eigenvalue weighted by Gasteiger charge is 2.34. The van der Waals surface area contributed by atoms with Crippen LogP contribution in [0, 0.1) is 0 Å². The molecule has 0 unspecified atom stereocenters. The molecule has 104 valence electrons. The largest absolute Gasteiger partial charge is 0.417 e. The van der Waals surface area contributed by atoms with E-state index in [0.717, 1.165) is 6.07 Å². The van der Waals surface area contributed by atoms with Gasteiger partial charge in [0.1, 0.15) is 5.82 Å². The van der Waals surface area contributed by atoms with E-state index in [4.69, 9.17) is 5.73 Å². The van der Waals surface area contributed by atoms with Crippen molar-refractivity contribution in [2.75, 3.05) is 5.73 Å². The first-order chi connectivity index (χ1) is 9.38. The number of alkyl halides is 3. The minimum Gasteiger partial charge on any atom is -0.382 e. The lowest BCUT2D eigenvalue weighted by molar-refractivity contribution is -0.136. The van der Waals surface area contributed by atoms with Crippen LogP contribution in [-0.4, -0.2) is 14.8 Å². The third-order valence-corrected chi connectivity index (χ3v) is 3.19. The molecule has 0 aliphatic heterocycles. The van der Waals surface area contributed by atoms with Crippen LogP contribution in [0.4, 0.5) is 19.0 Å². The summed E-state index contributed by atoms with van der Waals surface area (Å²) in [5, 5.41) is 4.09. The number of nitrogens with one attached hydrogen (secondary N) is 1. The number of nitrogens with zero attached hydrogens (tertiary/aromatic N) is 2. The molecule has 0 saturated heterocycles. The molecule has 20 heavy (non-hydrogen) atoms. The standard InChI is InChI=1S/C13H11F3N4/c1-20-10(5-11(17)19-20)7-6-18-9-4-2-3-8(12(7)9)13(14,15)16/h2-6,18H,1H3,(H2,17,19). The molecule has 0 atom stereocenters. The topological polar surface area (TPSA) is 59.6 Å². The SMILES string of the molecule is Cn1nc(N)cc1-c1c[nH]c2cccc(C(F)(F)F)c12. The van der Waals surface area contributed by atoms with Gasteiger partial charge >= 0.3 is 6.18 Å². The summed E-state index contributed by atoms with van der Waals surface area (Å²) in [4.78, 5) is 2.85. The molecular formula is C13H11F3N4. The van der Waals surface area contributed by atoms with Crippen molar-refractivity contribution < 1.29 is 13.2 Å². The van der Waals surface area contributed by atoms with Crippen molar-refractivity contribution in [3.63, 3.8) is 0 Å². The summed E-state index contributed by atoms with van der Waals surface area (Å²) in [5.41, 5.74) is 6.30. The normalized spacial score (nSPS) is 12.2. The summed E-state index contributed by atoms with van der Waals surface area (Å²) in [6.07, 6.45) is -2.88. The van der Waals surface area contributed by atoms with E-state index >= 15 is 0 Å². The van der Waals surface area contributed by atoms with Gasteiger partial charge in [0.15, 0.2) is 0 Å². The van der Waals surface area contributed by atoms with Crippen LogP contribution in [0.25, 0.3) is 22.2 Å². The summed E-state index contributed by atoms with van der Waals surface area (Å²) in [5.74, 6) is 0.265. The number of nitrogens with two attached hydrogens (primary N) is 1. The third kappa shape index (κ3) is 1.82. The quantitative estimate of drug-likeness (QED) is 0.719. The van der Waals surface area contributed by atoms with Crippen molar-refractivity contribution >= 4 is 16.7 Å². The molecule has 4 nitrogen and oxygen atoms in total. The Kier molecular flexibility index (Phi) is 2.53. The number of aromatic nitrogens is 3. The van der Waals surface area contributed by atoms with Gasteiger partial charge in [-0.25, -0.2) is 0 Å². The number of H-pyrrole nitrogens is 1. The maximum Gasteiger partial charge on any atom is 0.417 e. The molecule has 1 aromatic carbocycles. The molecule has 2 aromatic heterocycles. The van der Waals surface area contributed by atoms with Crippen LogP contribution < -0.4 is 5.73 Å². The van der Waals surface area contributed by atoms with Gasteiger partial charge in [-0.1, -0.05) is 6.07 Å². The van der Waals surface area contributed by atoms with E-state index in [0.29, 0.717) is 16.8 Å². The van der Waals surface area contributed by atoms with Crippen LogP contribution in [-0.2, 0) is 13.2 Å². The molecule has 0 aliphatic carbocycles. The second kappa shape index (κ2) is 4.03. The highest BCUT2D eigenvalue weighted by molar-refractivity contribution is 5.97. The average Bonchev–Trinajstić information content (AvgIpc) is 2.90. The highest BCUT2D eigenvalue weighted by atomic mass is 19.4. The van der Waals surface area contributed by atoms with Gasteiger partial charge in [0.2, 0.25) is 0 Å². The van der Waals surface area contributed by atoms with Crippen LogP contribution in [0.5, 0.6) is 0 Å². The molecule has 3 N–H and O–H groups in total. The van der Waals surface area contributed by atoms with Crippen molar-refractivity contribution in [1.29, 1.82) is 0 Å². The number of benzene rings is 1. The van der Waals surface area contributed by atoms with Crippen molar-refractivity contribution in [3.8, 4) is 11.3 Å². The van der Waals surface area contributed by atoms with Gasteiger partial charge in [0, 0.05) is 35.8 Å². The maximum absolute atomic E-state index is 13.1. The lowest BCUT2D eigenvalue weighted by Gasteiger charge is -2.09. The molecule has 2 heterocycles. The lowest BCUT2D eigenvalue weighted by Crippen LogP contribution is -2.05. The number of halogens is 3. The molecule has 3 aromatic rings. The molecule has 0 aliphatic rings. The van der Waals surface area contributed by atoms with E-state index in [-0.39, 0.29) is 11.2 Å². The van der Waals surface area contributed by atoms with Crippen LogP contribution in [0.2, 0.25) is 0 Å². The molecular weight excluding hydrogens is 269 g/mol. The summed E-state index contributed by atoms with van der Waals surface area (Å²) >= 11 is 0. The van der Waals surface area contributed by atoms with Gasteiger partial charge in [0.05, 0.1) is 11.3 Å². The average molecular weight is 280 g/mol. The van der Waals surface area contributed by atoms with Crippen LogP contribution in [0.3, 0.4) is 0 Å². The van der Waals surface area contributed by atoms with E-state index in [1.807, 2.05) is 0 Å². The molecule has 7 heteroatoms. The van der Waals surface area contributed by atoms with Gasteiger partial charge in [-0.2, -0.15) is 18.3 Å². The van der Waals surface area contributed by atoms with E-state index in [1.165, 1.54) is 16.9 Å². The number of rotatable bonds is 1. The highest BCUT2D eigenvalue weighted by Crippen LogP contribution is 2.39. The predicted molar refractivity (Wildman–Crippen MR) is 69.9 cm³/mol. The first kappa shape index (κ1) is 12.6. The second-order valence-electron chi connectivity index (χ2n) is 4.51. The molecule has 0 amide bonds. The minimum absolute atomic E-state index is 0.128. The lowest BCUT2D eigenvalue weighted by atomic mass is 10.0. The van der Waals surface area contributed by atoms with Gasteiger partial charge in [-0.15, -0.1) is 0 Å². The van der Waals surface area contributed by atoms with Crippen LogP contribution in [0.15, 0.2) is 30.5 Å². The number of aromatic amines is 1. The Bertz CT molecular complexity index is 783. The van der Waals surface area contributed by atoms with Crippen LogP contribution >= 0.6 is 0 Å².